The van der Waals surface area contributed by atoms with Crippen LogP contribution in [0.15, 0.2) is 51.7 Å². The van der Waals surface area contributed by atoms with Crippen molar-refractivity contribution in [1.82, 2.24) is 14.9 Å². The van der Waals surface area contributed by atoms with Gasteiger partial charge in [0.15, 0.2) is 0 Å². The van der Waals surface area contributed by atoms with Crippen LogP contribution in [0.4, 0.5) is 0 Å². The number of carbonyl (C=O) groups excluding carboxylic acids is 1. The highest BCUT2D eigenvalue weighted by Gasteiger charge is 2.14. The molecule has 3 aromatic rings. The van der Waals surface area contributed by atoms with E-state index >= 15 is 0 Å². The summed E-state index contributed by atoms with van der Waals surface area (Å²) in [4.78, 5) is 28.8. The zero-order chi connectivity index (χ0) is 20.3. The first-order chi connectivity index (χ1) is 13.4. The maximum atomic E-state index is 12.8. The number of fused-ring (bicyclic) bond motifs is 1. The quantitative estimate of drug-likeness (QED) is 0.582. The summed E-state index contributed by atoms with van der Waals surface area (Å²) in [5.41, 5.74) is 6.68. The molecule has 0 aliphatic rings. The molecule has 1 atom stereocenters. The first-order valence-corrected chi connectivity index (χ1v) is 9.53. The average Bonchev–Trinajstić information content (AvgIpc) is 2.68. The summed E-state index contributed by atoms with van der Waals surface area (Å²) in [6.45, 7) is 2.10. The van der Waals surface area contributed by atoms with E-state index in [1.54, 1.807) is 25.3 Å². The second kappa shape index (κ2) is 8.53. The highest BCUT2D eigenvalue weighted by Crippen LogP contribution is 2.28. The lowest BCUT2D eigenvalue weighted by molar-refractivity contribution is -0.118. The monoisotopic (exact) mass is 444 g/mol. The number of hydrogen-bond acceptors (Lipinski definition) is 5. The van der Waals surface area contributed by atoms with Gasteiger partial charge in [-0.1, -0.05) is 18.2 Å². The Hall–Kier alpha value is -2.71. The fourth-order valence-corrected chi connectivity index (χ4v) is 3.54. The van der Waals surface area contributed by atoms with Crippen molar-refractivity contribution in [1.29, 1.82) is 0 Å². The molecule has 7 nitrogen and oxygen atoms in total. The Labute approximate surface area is 170 Å². The van der Waals surface area contributed by atoms with Crippen LogP contribution in [0.5, 0.6) is 5.75 Å². The fourth-order valence-electron chi connectivity index (χ4n) is 2.98. The molecule has 28 heavy (non-hydrogen) atoms. The van der Waals surface area contributed by atoms with E-state index in [1.165, 1.54) is 4.57 Å². The number of nitrogens with zero attached hydrogens (tertiary/aromatic N) is 2. The molecule has 0 aliphatic heterocycles. The van der Waals surface area contributed by atoms with Gasteiger partial charge in [-0.25, -0.2) is 4.98 Å². The number of hydrogen-bond donors (Lipinski definition) is 2. The summed E-state index contributed by atoms with van der Waals surface area (Å²) >= 11 is 3.49. The van der Waals surface area contributed by atoms with Crippen LogP contribution < -0.4 is 21.3 Å². The van der Waals surface area contributed by atoms with Gasteiger partial charge in [-0.05, 0) is 52.7 Å². The Bertz CT molecular complexity index is 1080. The Morgan fingerprint density at radius 1 is 1.32 bits per heavy atom. The lowest BCUT2D eigenvalue weighted by atomic mass is 10.1. The topological polar surface area (TPSA) is 99.2 Å². The maximum absolute atomic E-state index is 12.8. The molecule has 0 bridgehead atoms. The lowest BCUT2D eigenvalue weighted by Crippen LogP contribution is -2.33. The van der Waals surface area contributed by atoms with E-state index in [0.717, 1.165) is 15.8 Å². The van der Waals surface area contributed by atoms with E-state index in [4.69, 9.17) is 10.5 Å². The predicted molar refractivity (Wildman–Crippen MR) is 111 cm³/mol. The van der Waals surface area contributed by atoms with Crippen molar-refractivity contribution in [3.63, 3.8) is 0 Å². The number of nitrogens with two attached hydrogens (primary N) is 1. The third-order valence-electron chi connectivity index (χ3n) is 4.50. The van der Waals surface area contributed by atoms with Crippen molar-refractivity contribution in [3.05, 3.63) is 68.7 Å². The fraction of sp³-hybridized carbons (Fsp3) is 0.250. The number of para-hydroxylation sites is 1. The zero-order valence-electron chi connectivity index (χ0n) is 15.6. The molecule has 0 unspecified atom stereocenters. The summed E-state index contributed by atoms with van der Waals surface area (Å²) in [6.07, 6.45) is 0. The van der Waals surface area contributed by atoms with E-state index in [0.29, 0.717) is 23.3 Å². The van der Waals surface area contributed by atoms with Gasteiger partial charge in [-0.15, -0.1) is 0 Å². The molecule has 0 spiro atoms. The SMILES string of the molecule is COc1ccc([C@@H](C)NCc2nc3ccccc3c(=O)n2CC(N)=O)cc1Br. The van der Waals surface area contributed by atoms with Gasteiger partial charge in [-0.3, -0.25) is 14.2 Å². The normalized spacial score (nSPS) is 12.1. The van der Waals surface area contributed by atoms with Crippen LogP contribution in [-0.4, -0.2) is 22.6 Å². The minimum absolute atomic E-state index is 0.0207. The first-order valence-electron chi connectivity index (χ1n) is 8.74. The molecule has 8 heteroatoms. The number of benzene rings is 2. The van der Waals surface area contributed by atoms with E-state index in [9.17, 15) is 9.59 Å². The predicted octanol–water partition coefficient (Wildman–Crippen LogP) is 2.50. The van der Waals surface area contributed by atoms with Gasteiger partial charge < -0.3 is 15.8 Å². The molecule has 0 saturated heterocycles. The molecule has 0 saturated carbocycles. The summed E-state index contributed by atoms with van der Waals surface area (Å²) < 4.78 is 7.44. The number of carbonyl (C=O) groups is 1. The first kappa shape index (κ1) is 20.0. The molecular formula is C20H21BrN4O3. The van der Waals surface area contributed by atoms with Gasteiger partial charge in [-0.2, -0.15) is 0 Å². The number of rotatable bonds is 7. The van der Waals surface area contributed by atoms with Gasteiger partial charge in [0.05, 0.1) is 29.0 Å². The number of ether oxygens (including phenoxy) is 1. The van der Waals surface area contributed by atoms with Crippen LogP contribution in [-0.2, 0) is 17.9 Å². The van der Waals surface area contributed by atoms with Gasteiger partial charge in [0.1, 0.15) is 18.1 Å². The van der Waals surface area contributed by atoms with Crippen molar-refractivity contribution in [2.45, 2.75) is 26.1 Å². The van der Waals surface area contributed by atoms with Gasteiger partial charge >= 0.3 is 0 Å². The second-order valence-electron chi connectivity index (χ2n) is 6.40. The number of aromatic nitrogens is 2. The van der Waals surface area contributed by atoms with Crippen LogP contribution in [0.3, 0.4) is 0 Å². The summed E-state index contributed by atoms with van der Waals surface area (Å²) in [5.74, 6) is 0.622. The minimum Gasteiger partial charge on any atom is -0.496 e. The highest BCUT2D eigenvalue weighted by atomic mass is 79.9. The van der Waals surface area contributed by atoms with Gasteiger partial charge in [0, 0.05) is 6.04 Å². The number of amides is 1. The van der Waals surface area contributed by atoms with Gasteiger partial charge in [0.25, 0.3) is 5.56 Å². The van der Waals surface area contributed by atoms with Crippen molar-refractivity contribution < 1.29 is 9.53 Å². The van der Waals surface area contributed by atoms with E-state index in [-0.39, 0.29) is 18.1 Å². The smallest absolute Gasteiger partial charge is 0.261 e. The van der Waals surface area contributed by atoms with Crippen molar-refractivity contribution in [2.75, 3.05) is 7.11 Å². The number of methoxy groups -OCH3 is 1. The molecule has 0 radical (unpaired) electrons. The Morgan fingerprint density at radius 2 is 2.07 bits per heavy atom. The van der Waals surface area contributed by atoms with Crippen molar-refractivity contribution >= 4 is 32.7 Å². The van der Waals surface area contributed by atoms with Crippen molar-refractivity contribution in [2.24, 2.45) is 5.73 Å². The van der Waals surface area contributed by atoms with E-state index in [1.807, 2.05) is 31.2 Å². The Balaban J connectivity index is 1.89. The molecule has 1 aromatic heterocycles. The van der Waals surface area contributed by atoms with Crippen LogP contribution in [0.2, 0.25) is 0 Å². The van der Waals surface area contributed by atoms with E-state index in [2.05, 4.69) is 26.2 Å². The summed E-state index contributed by atoms with van der Waals surface area (Å²) in [7, 11) is 1.62. The molecule has 0 aliphatic carbocycles. The van der Waals surface area contributed by atoms with Crippen LogP contribution in [0.25, 0.3) is 10.9 Å². The zero-order valence-corrected chi connectivity index (χ0v) is 17.2. The van der Waals surface area contributed by atoms with Gasteiger partial charge in [0.2, 0.25) is 5.91 Å². The number of primary amides is 1. The lowest BCUT2D eigenvalue weighted by Gasteiger charge is -2.18. The summed E-state index contributed by atoms with van der Waals surface area (Å²) in [6, 6.07) is 12.9. The minimum atomic E-state index is -0.590. The van der Waals surface area contributed by atoms with Crippen molar-refractivity contribution in [3.8, 4) is 5.75 Å². The highest BCUT2D eigenvalue weighted by molar-refractivity contribution is 9.10. The third-order valence-corrected chi connectivity index (χ3v) is 5.12. The molecule has 146 valence electrons. The molecular weight excluding hydrogens is 424 g/mol. The Kier molecular flexibility index (Phi) is 6.11. The number of halogens is 1. The third kappa shape index (κ3) is 4.23. The average molecular weight is 445 g/mol. The second-order valence-corrected chi connectivity index (χ2v) is 7.25. The largest absolute Gasteiger partial charge is 0.496 e. The van der Waals surface area contributed by atoms with E-state index < -0.39 is 5.91 Å². The molecule has 3 N–H and O–H groups in total. The molecule has 3 rings (SSSR count). The molecule has 1 heterocycles. The number of nitrogens with one attached hydrogen (secondary N) is 1. The molecule has 1 amide bonds. The standard InChI is InChI=1S/C20H21BrN4O3/c1-12(13-7-8-17(28-2)15(21)9-13)23-10-19-24-16-6-4-3-5-14(16)20(27)25(19)11-18(22)26/h3-9,12,23H,10-11H2,1-2H3,(H2,22,26)/t12-/m1/s1. The Morgan fingerprint density at radius 3 is 2.75 bits per heavy atom. The van der Waals surface area contributed by atoms with Crippen LogP contribution >= 0.6 is 15.9 Å². The molecule has 2 aromatic carbocycles. The summed E-state index contributed by atoms with van der Waals surface area (Å²) in [5, 5.41) is 3.81. The van der Waals surface area contributed by atoms with Crippen LogP contribution in [0.1, 0.15) is 24.4 Å². The maximum Gasteiger partial charge on any atom is 0.261 e. The molecule has 0 fully saturated rings. The van der Waals surface area contributed by atoms with Crippen LogP contribution in [0, 0.1) is 0 Å².